The van der Waals surface area contributed by atoms with Gasteiger partial charge in [0.1, 0.15) is 18.0 Å². The molecular weight excluding hydrogens is 358 g/mol. The first-order valence-electron chi connectivity index (χ1n) is 7.30. The van der Waals surface area contributed by atoms with E-state index in [1.54, 1.807) is 0 Å². The molecule has 0 aliphatic rings. The number of nitrogens with zero attached hydrogens (tertiary/aromatic N) is 1. The van der Waals surface area contributed by atoms with Crippen molar-refractivity contribution in [3.05, 3.63) is 60.4 Å². The van der Waals surface area contributed by atoms with Gasteiger partial charge in [0, 0.05) is 5.57 Å². The maximum Gasteiger partial charge on any atom is 0.411 e. The zero-order chi connectivity index (χ0) is 17.5. The largest absolute Gasteiger partial charge is 0.489 e. The van der Waals surface area contributed by atoms with E-state index in [1.165, 1.54) is 4.90 Å². The van der Waals surface area contributed by atoms with Crippen molar-refractivity contribution in [2.45, 2.75) is 33.0 Å². The van der Waals surface area contributed by atoms with E-state index in [1.807, 2.05) is 51.1 Å². The van der Waals surface area contributed by atoms with Gasteiger partial charge >= 0.3 is 6.09 Å². The maximum absolute atomic E-state index is 12.1. The molecule has 23 heavy (non-hydrogen) atoms. The number of alkyl halides is 1. The number of carbonyl (C=O) groups is 1. The fourth-order valence-electron chi connectivity index (χ4n) is 1.65. The highest BCUT2D eigenvalue weighted by Gasteiger charge is 2.22. The Bertz CT molecular complexity index is 549. The summed E-state index contributed by atoms with van der Waals surface area (Å²) in [5.41, 5.74) is 1.48. The zero-order valence-electron chi connectivity index (χ0n) is 14.0. The van der Waals surface area contributed by atoms with E-state index < -0.39 is 11.7 Å². The molecule has 0 spiro atoms. The molecule has 0 aromatic heterocycles. The van der Waals surface area contributed by atoms with Gasteiger partial charge in [-0.05, 0) is 26.3 Å². The summed E-state index contributed by atoms with van der Waals surface area (Å²) in [6, 6.07) is 9.80. The van der Waals surface area contributed by atoms with Crippen LogP contribution < -0.4 is 0 Å². The van der Waals surface area contributed by atoms with Gasteiger partial charge in [-0.25, -0.2) is 4.79 Å². The van der Waals surface area contributed by atoms with Crippen LogP contribution >= 0.6 is 15.9 Å². The normalized spacial score (nSPS) is 10.8. The second-order valence-electron chi connectivity index (χ2n) is 6.10. The van der Waals surface area contributed by atoms with E-state index in [9.17, 15) is 4.79 Å². The fraction of sp³-hybridized carbons (Fsp3) is 0.389. The lowest BCUT2D eigenvalue weighted by Gasteiger charge is -2.26. The highest BCUT2D eigenvalue weighted by molar-refractivity contribution is 9.09. The summed E-state index contributed by atoms with van der Waals surface area (Å²) in [5, 5.41) is 0. The fourth-order valence-corrected chi connectivity index (χ4v) is 2.03. The number of carbonyl (C=O) groups excluding carboxylic acids is 1. The molecule has 1 aromatic rings. The van der Waals surface area contributed by atoms with Crippen LogP contribution in [0, 0.1) is 0 Å². The molecule has 0 N–H and O–H groups in total. The molecule has 0 aliphatic heterocycles. The van der Waals surface area contributed by atoms with Crippen LogP contribution in [0.5, 0.6) is 0 Å². The first-order chi connectivity index (χ1) is 10.7. The van der Waals surface area contributed by atoms with E-state index in [4.69, 9.17) is 9.47 Å². The number of benzene rings is 1. The quantitative estimate of drug-likeness (QED) is 0.293. The lowest BCUT2D eigenvalue weighted by Crippen LogP contribution is -2.37. The van der Waals surface area contributed by atoms with Crippen LogP contribution in [0.1, 0.15) is 26.3 Å². The average Bonchev–Trinajstić information content (AvgIpc) is 2.49. The van der Waals surface area contributed by atoms with Crippen LogP contribution in [0.3, 0.4) is 0 Å². The molecule has 5 heteroatoms. The Labute approximate surface area is 146 Å². The number of ether oxygens (including phenoxy) is 2. The molecule has 1 rings (SSSR count). The minimum atomic E-state index is -0.542. The van der Waals surface area contributed by atoms with Gasteiger partial charge in [-0.2, -0.15) is 0 Å². The third-order valence-electron chi connectivity index (χ3n) is 2.83. The molecule has 0 atom stereocenters. The lowest BCUT2D eigenvalue weighted by atomic mass is 10.2. The molecule has 4 nitrogen and oxygen atoms in total. The summed E-state index contributed by atoms with van der Waals surface area (Å²) in [6.07, 6.45) is -0.411. The van der Waals surface area contributed by atoms with Crippen molar-refractivity contribution in [2.75, 3.05) is 12.0 Å². The summed E-state index contributed by atoms with van der Waals surface area (Å²) in [4.78, 5) is 13.6. The zero-order valence-corrected chi connectivity index (χ0v) is 15.6. The smallest absolute Gasteiger partial charge is 0.411 e. The van der Waals surface area contributed by atoms with Gasteiger partial charge in [-0.1, -0.05) is 59.4 Å². The van der Waals surface area contributed by atoms with Gasteiger partial charge < -0.3 is 9.47 Å². The molecule has 0 radical (unpaired) electrons. The molecule has 126 valence electrons. The Balaban J connectivity index is 2.52. The van der Waals surface area contributed by atoms with Crippen molar-refractivity contribution in [3.8, 4) is 0 Å². The molecule has 0 unspecified atom stereocenters. The van der Waals surface area contributed by atoms with E-state index in [2.05, 4.69) is 29.1 Å². The number of halogens is 1. The highest BCUT2D eigenvalue weighted by Crippen LogP contribution is 2.16. The molecule has 0 saturated carbocycles. The van der Waals surface area contributed by atoms with Gasteiger partial charge in [-0.3, -0.25) is 4.90 Å². The minimum Gasteiger partial charge on any atom is -0.489 e. The van der Waals surface area contributed by atoms with Crippen LogP contribution in [0.15, 0.2) is 54.8 Å². The van der Waals surface area contributed by atoms with Crippen LogP contribution in [-0.2, 0) is 16.1 Å². The van der Waals surface area contributed by atoms with Gasteiger partial charge in [-0.15, -0.1) is 0 Å². The predicted molar refractivity (Wildman–Crippen MR) is 96.2 cm³/mol. The van der Waals surface area contributed by atoms with Gasteiger partial charge in [0.2, 0.25) is 0 Å². The Morgan fingerprint density at radius 2 is 1.83 bits per heavy atom. The maximum atomic E-state index is 12.1. The van der Waals surface area contributed by atoms with Gasteiger partial charge in [0.15, 0.2) is 0 Å². The Kier molecular flexibility index (Phi) is 7.36. The van der Waals surface area contributed by atoms with E-state index in [-0.39, 0.29) is 6.54 Å². The Morgan fingerprint density at radius 1 is 1.22 bits per heavy atom. The summed E-state index contributed by atoms with van der Waals surface area (Å²) in [6.45, 7) is 14.0. The van der Waals surface area contributed by atoms with Crippen LogP contribution in [0.25, 0.3) is 0 Å². The van der Waals surface area contributed by atoms with Crippen molar-refractivity contribution in [2.24, 2.45) is 0 Å². The Morgan fingerprint density at radius 3 is 2.35 bits per heavy atom. The van der Waals surface area contributed by atoms with Crippen molar-refractivity contribution in [1.82, 2.24) is 4.90 Å². The van der Waals surface area contributed by atoms with Crippen molar-refractivity contribution < 1.29 is 14.3 Å². The highest BCUT2D eigenvalue weighted by atomic mass is 79.9. The number of amides is 1. The molecule has 0 bridgehead atoms. The van der Waals surface area contributed by atoms with E-state index >= 15 is 0 Å². The van der Waals surface area contributed by atoms with Gasteiger partial charge in [0.05, 0.1) is 12.0 Å². The summed E-state index contributed by atoms with van der Waals surface area (Å²) < 4.78 is 11.0. The molecular formula is C18H24BrNO3. The topological polar surface area (TPSA) is 38.8 Å². The predicted octanol–water partition coefficient (Wildman–Crippen LogP) is 4.86. The first kappa shape index (κ1) is 19.3. The number of rotatable bonds is 7. The summed E-state index contributed by atoms with van der Waals surface area (Å²) >= 11 is 3.29. The summed E-state index contributed by atoms with van der Waals surface area (Å²) in [7, 11) is 0. The number of hydrogen-bond acceptors (Lipinski definition) is 3. The molecule has 0 saturated heterocycles. The molecule has 1 aromatic carbocycles. The van der Waals surface area contributed by atoms with Crippen molar-refractivity contribution in [1.29, 1.82) is 0 Å². The molecule has 1 amide bonds. The molecule has 0 heterocycles. The SMILES string of the molecule is C=C(CN(CBr)C(=O)OC(C)(C)C)C(=C)OCc1ccccc1. The van der Waals surface area contributed by atoms with Crippen LogP contribution in [0.4, 0.5) is 4.79 Å². The molecule has 0 aliphatic carbocycles. The second-order valence-corrected chi connectivity index (χ2v) is 6.60. The van der Waals surface area contributed by atoms with Crippen molar-refractivity contribution in [3.63, 3.8) is 0 Å². The third kappa shape index (κ3) is 7.37. The summed E-state index contributed by atoms with van der Waals surface area (Å²) in [5.74, 6) is 0.461. The first-order valence-corrected chi connectivity index (χ1v) is 8.42. The second kappa shape index (κ2) is 8.77. The van der Waals surface area contributed by atoms with Gasteiger partial charge in [0.25, 0.3) is 0 Å². The Hall–Kier alpha value is -1.75. The van der Waals surface area contributed by atoms with E-state index in [0.29, 0.717) is 23.4 Å². The minimum absolute atomic E-state index is 0.286. The molecule has 0 fully saturated rings. The van der Waals surface area contributed by atoms with E-state index in [0.717, 1.165) is 5.56 Å². The monoisotopic (exact) mass is 381 g/mol. The third-order valence-corrected chi connectivity index (χ3v) is 3.43. The van der Waals surface area contributed by atoms with Crippen LogP contribution in [-0.4, -0.2) is 28.6 Å². The number of hydrogen-bond donors (Lipinski definition) is 0. The average molecular weight is 382 g/mol. The standard InChI is InChI=1S/C18H24BrNO3/c1-14(11-20(13-19)17(21)23-18(3,4)5)15(2)22-12-16-9-7-6-8-10-16/h6-10H,1-2,11-13H2,3-5H3. The van der Waals surface area contributed by atoms with Crippen molar-refractivity contribution >= 4 is 22.0 Å². The lowest BCUT2D eigenvalue weighted by molar-refractivity contribution is 0.0303. The van der Waals surface area contributed by atoms with Crippen LogP contribution in [0.2, 0.25) is 0 Å².